The fraction of sp³-hybridized carbons (Fsp3) is 0. The van der Waals surface area contributed by atoms with Crippen LogP contribution in [0, 0.1) is 0 Å². The van der Waals surface area contributed by atoms with E-state index >= 15 is 0 Å². The summed E-state index contributed by atoms with van der Waals surface area (Å²) in [6.45, 7) is 0. The molecule has 0 radical (unpaired) electrons. The van der Waals surface area contributed by atoms with Gasteiger partial charge in [0.25, 0.3) is 10.0 Å². The van der Waals surface area contributed by atoms with Crippen molar-refractivity contribution in [2.24, 2.45) is 0 Å². The summed E-state index contributed by atoms with van der Waals surface area (Å²) in [5.74, 6) is 0. The highest BCUT2D eigenvalue weighted by Crippen LogP contribution is 2.21. The number of nitrogens with one attached hydrogen (secondary N) is 2. The van der Waals surface area contributed by atoms with Crippen LogP contribution < -0.4 is 10.3 Å². The number of anilines is 1. The summed E-state index contributed by atoms with van der Waals surface area (Å²) >= 11 is 5.75. The number of aromatic nitrogens is 2. The van der Waals surface area contributed by atoms with Crippen LogP contribution in [0.25, 0.3) is 0 Å². The number of nitrogens with zero attached hydrogens (tertiary/aromatic N) is 1. The van der Waals surface area contributed by atoms with Crippen LogP contribution in [0.5, 0.6) is 0 Å². The lowest BCUT2D eigenvalue weighted by molar-refractivity contribution is 0.600. The first-order valence-electron chi connectivity index (χ1n) is 4.81. The van der Waals surface area contributed by atoms with E-state index < -0.39 is 10.0 Å². The molecule has 94 valence electrons. The molecule has 0 bridgehead atoms. The largest absolute Gasteiger partial charge is 0.328 e. The van der Waals surface area contributed by atoms with E-state index in [1.54, 1.807) is 6.07 Å². The zero-order valence-electron chi connectivity index (χ0n) is 8.92. The van der Waals surface area contributed by atoms with E-state index in [4.69, 9.17) is 11.6 Å². The van der Waals surface area contributed by atoms with Gasteiger partial charge in [0.05, 0.1) is 5.69 Å². The maximum Gasteiger partial charge on any atom is 0.263 e. The van der Waals surface area contributed by atoms with Gasteiger partial charge in [0.15, 0.2) is 5.15 Å². The van der Waals surface area contributed by atoms with Gasteiger partial charge in [0, 0.05) is 18.5 Å². The van der Waals surface area contributed by atoms with Crippen molar-refractivity contribution in [1.82, 2.24) is 9.97 Å². The van der Waals surface area contributed by atoms with Gasteiger partial charge in [0.1, 0.15) is 4.90 Å². The lowest BCUT2D eigenvalue weighted by atomic mass is 10.4. The third kappa shape index (κ3) is 2.69. The highest BCUT2D eigenvalue weighted by atomic mass is 35.5. The van der Waals surface area contributed by atoms with Crippen LogP contribution >= 0.6 is 11.6 Å². The lowest BCUT2D eigenvalue weighted by Gasteiger charge is -2.08. The summed E-state index contributed by atoms with van der Waals surface area (Å²) in [4.78, 5) is 16.8. The van der Waals surface area contributed by atoms with Crippen LogP contribution in [0.15, 0.2) is 46.3 Å². The maximum absolute atomic E-state index is 11.9. The van der Waals surface area contributed by atoms with Gasteiger partial charge in [-0.15, -0.1) is 0 Å². The number of hydrogen-bond acceptors (Lipinski definition) is 4. The summed E-state index contributed by atoms with van der Waals surface area (Å²) in [5.41, 5.74) is -0.210. The van der Waals surface area contributed by atoms with Gasteiger partial charge in [-0.2, -0.15) is 0 Å². The highest BCUT2D eigenvalue weighted by Gasteiger charge is 2.15. The molecule has 0 saturated carbocycles. The molecule has 0 aliphatic carbocycles. The zero-order chi connectivity index (χ0) is 13.2. The first kappa shape index (κ1) is 12.6. The van der Waals surface area contributed by atoms with Gasteiger partial charge in [0.2, 0.25) is 5.56 Å². The van der Waals surface area contributed by atoms with E-state index in [1.807, 2.05) is 0 Å². The Hall–Kier alpha value is -1.86. The van der Waals surface area contributed by atoms with Crippen molar-refractivity contribution in [2.75, 3.05) is 4.72 Å². The van der Waals surface area contributed by atoms with Crippen LogP contribution in [-0.4, -0.2) is 18.4 Å². The smallest absolute Gasteiger partial charge is 0.263 e. The predicted molar refractivity (Wildman–Crippen MR) is 67.1 cm³/mol. The molecule has 0 amide bonds. The molecule has 18 heavy (non-hydrogen) atoms. The van der Waals surface area contributed by atoms with Gasteiger partial charge in [-0.25, -0.2) is 13.4 Å². The molecule has 0 unspecified atom stereocenters. The Bertz CT molecular complexity index is 707. The zero-order valence-corrected chi connectivity index (χ0v) is 10.5. The molecule has 0 spiro atoms. The normalized spacial score (nSPS) is 11.2. The Morgan fingerprint density at radius 3 is 2.67 bits per heavy atom. The van der Waals surface area contributed by atoms with Crippen LogP contribution in [0.2, 0.25) is 5.15 Å². The van der Waals surface area contributed by atoms with E-state index in [1.165, 1.54) is 18.3 Å². The van der Waals surface area contributed by atoms with Crippen LogP contribution in [0.3, 0.4) is 0 Å². The van der Waals surface area contributed by atoms with E-state index in [0.29, 0.717) is 0 Å². The molecule has 0 aromatic carbocycles. The Morgan fingerprint density at radius 2 is 2.06 bits per heavy atom. The second kappa shape index (κ2) is 4.79. The molecule has 0 atom stereocenters. The highest BCUT2D eigenvalue weighted by molar-refractivity contribution is 7.92. The molecule has 0 aliphatic heterocycles. The molecule has 6 nitrogen and oxygen atoms in total. The summed E-state index contributed by atoms with van der Waals surface area (Å²) in [5, 5.41) is 0.0468. The first-order valence-corrected chi connectivity index (χ1v) is 6.67. The van der Waals surface area contributed by atoms with Gasteiger partial charge in [-0.3, -0.25) is 9.52 Å². The van der Waals surface area contributed by atoms with E-state index in [9.17, 15) is 13.2 Å². The van der Waals surface area contributed by atoms with Gasteiger partial charge >= 0.3 is 0 Å². The van der Waals surface area contributed by atoms with E-state index in [2.05, 4.69) is 14.7 Å². The Balaban J connectivity index is 2.36. The van der Waals surface area contributed by atoms with Crippen LogP contribution in [0.1, 0.15) is 0 Å². The summed E-state index contributed by atoms with van der Waals surface area (Å²) in [6.07, 6.45) is 2.55. The third-order valence-corrected chi connectivity index (χ3v) is 3.73. The predicted octanol–water partition coefficient (Wildman–Crippen LogP) is 1.22. The monoisotopic (exact) mass is 285 g/mol. The molecule has 0 aliphatic rings. The SMILES string of the molecule is O=c1ccc(S(=O)(=O)Nc2cccnc2Cl)c[nH]1. The second-order valence-electron chi connectivity index (χ2n) is 3.34. The minimum Gasteiger partial charge on any atom is -0.328 e. The van der Waals surface area contributed by atoms with Crippen molar-refractivity contribution in [3.05, 3.63) is 52.2 Å². The number of pyridine rings is 2. The van der Waals surface area contributed by atoms with E-state index in [-0.39, 0.29) is 21.3 Å². The van der Waals surface area contributed by atoms with Crippen molar-refractivity contribution >= 4 is 27.3 Å². The summed E-state index contributed by atoms with van der Waals surface area (Å²) in [6, 6.07) is 5.36. The van der Waals surface area contributed by atoms with E-state index in [0.717, 1.165) is 12.3 Å². The average molecular weight is 286 g/mol. The van der Waals surface area contributed by atoms with Crippen molar-refractivity contribution in [2.45, 2.75) is 4.90 Å². The van der Waals surface area contributed by atoms with Crippen molar-refractivity contribution < 1.29 is 8.42 Å². The number of hydrogen-bond donors (Lipinski definition) is 2. The fourth-order valence-electron chi connectivity index (χ4n) is 1.23. The van der Waals surface area contributed by atoms with Crippen molar-refractivity contribution in [3.63, 3.8) is 0 Å². The fourth-order valence-corrected chi connectivity index (χ4v) is 2.49. The van der Waals surface area contributed by atoms with Gasteiger partial charge < -0.3 is 4.98 Å². The number of aromatic amines is 1. The minimum absolute atomic E-state index is 0.0468. The summed E-state index contributed by atoms with van der Waals surface area (Å²) < 4.78 is 26.2. The minimum atomic E-state index is -3.80. The summed E-state index contributed by atoms with van der Waals surface area (Å²) in [7, 11) is -3.80. The molecular weight excluding hydrogens is 278 g/mol. The molecule has 8 heteroatoms. The Kier molecular flexibility index (Phi) is 3.35. The Labute approximate surface area is 108 Å². The number of halogens is 1. The quantitative estimate of drug-likeness (QED) is 0.830. The molecule has 2 heterocycles. The van der Waals surface area contributed by atoms with Crippen molar-refractivity contribution in [3.8, 4) is 0 Å². The van der Waals surface area contributed by atoms with Crippen LogP contribution in [-0.2, 0) is 10.0 Å². The Morgan fingerprint density at radius 1 is 1.28 bits per heavy atom. The number of sulfonamides is 1. The average Bonchev–Trinajstić information content (AvgIpc) is 2.32. The molecule has 2 aromatic rings. The van der Waals surface area contributed by atoms with Gasteiger partial charge in [-0.1, -0.05) is 11.6 Å². The number of rotatable bonds is 3. The molecule has 0 saturated heterocycles. The first-order chi connectivity index (χ1) is 8.49. The molecular formula is C10H8ClN3O3S. The third-order valence-electron chi connectivity index (χ3n) is 2.07. The van der Waals surface area contributed by atoms with Gasteiger partial charge in [-0.05, 0) is 18.2 Å². The second-order valence-corrected chi connectivity index (χ2v) is 5.38. The molecule has 0 fully saturated rings. The van der Waals surface area contributed by atoms with Crippen molar-refractivity contribution in [1.29, 1.82) is 0 Å². The topological polar surface area (TPSA) is 91.9 Å². The van der Waals surface area contributed by atoms with Crippen LogP contribution in [0.4, 0.5) is 5.69 Å². The maximum atomic E-state index is 11.9. The number of H-pyrrole nitrogens is 1. The molecule has 2 aromatic heterocycles. The molecule has 2 N–H and O–H groups in total. The lowest BCUT2D eigenvalue weighted by Crippen LogP contribution is -2.15. The standard InChI is InChI=1S/C10H8ClN3O3S/c11-10-8(2-1-5-12-10)14-18(16,17)7-3-4-9(15)13-6-7/h1-6,14H,(H,13,15). The molecule has 2 rings (SSSR count).